The van der Waals surface area contributed by atoms with E-state index in [0.717, 1.165) is 29.6 Å². The summed E-state index contributed by atoms with van der Waals surface area (Å²) in [6, 6.07) is 17.1. The fourth-order valence-electron chi connectivity index (χ4n) is 3.59. The quantitative estimate of drug-likeness (QED) is 0.676. The van der Waals surface area contributed by atoms with Crippen LogP contribution in [0.4, 0.5) is 0 Å². The lowest BCUT2D eigenvalue weighted by Gasteiger charge is -2.19. The summed E-state index contributed by atoms with van der Waals surface area (Å²) in [6.45, 7) is 4.66. The lowest BCUT2D eigenvalue weighted by molar-refractivity contribution is 0.272. The number of hydrogen-bond donors (Lipinski definition) is 0. The van der Waals surface area contributed by atoms with E-state index < -0.39 is 0 Å². The lowest BCUT2D eigenvalue weighted by Crippen LogP contribution is -2.28. The molecule has 1 atom stereocenters. The average molecular weight is 347 g/mol. The molecule has 1 saturated heterocycles. The summed E-state index contributed by atoms with van der Waals surface area (Å²) in [4.78, 5) is 7.43. The number of nitriles is 1. The van der Waals surface area contributed by atoms with E-state index in [0.29, 0.717) is 11.6 Å². The first-order valence-corrected chi connectivity index (χ1v) is 9.68. The lowest BCUT2D eigenvalue weighted by atomic mass is 10.0. The maximum absolute atomic E-state index is 9.09. The van der Waals surface area contributed by atoms with Gasteiger partial charge in [0.2, 0.25) is 0 Å². The number of thiazole rings is 1. The van der Waals surface area contributed by atoms with Gasteiger partial charge in [0.05, 0.1) is 26.9 Å². The molecular formula is C21H21N3S. The van der Waals surface area contributed by atoms with Gasteiger partial charge in [0.1, 0.15) is 0 Å². The van der Waals surface area contributed by atoms with Gasteiger partial charge in [0, 0.05) is 19.0 Å². The second kappa shape index (κ2) is 6.95. The molecule has 3 aromatic rings. The van der Waals surface area contributed by atoms with E-state index in [9.17, 15) is 0 Å². The van der Waals surface area contributed by atoms with Crippen LogP contribution in [-0.2, 0) is 6.42 Å². The summed E-state index contributed by atoms with van der Waals surface area (Å²) in [5.41, 5.74) is 3.95. The Kier molecular flexibility index (Phi) is 4.52. The van der Waals surface area contributed by atoms with Crippen LogP contribution >= 0.6 is 11.3 Å². The van der Waals surface area contributed by atoms with E-state index in [1.807, 2.05) is 24.3 Å². The first kappa shape index (κ1) is 16.3. The highest BCUT2D eigenvalue weighted by Crippen LogP contribution is 2.29. The Bertz CT molecular complexity index is 938. The van der Waals surface area contributed by atoms with Gasteiger partial charge in [-0.1, -0.05) is 18.2 Å². The molecule has 0 spiro atoms. The van der Waals surface area contributed by atoms with Gasteiger partial charge in [-0.2, -0.15) is 5.26 Å². The Labute approximate surface area is 152 Å². The number of nitrogens with zero attached hydrogens (tertiary/aromatic N) is 3. The van der Waals surface area contributed by atoms with Gasteiger partial charge in [0.15, 0.2) is 0 Å². The molecule has 0 aliphatic carbocycles. The zero-order chi connectivity index (χ0) is 17.2. The Hall–Kier alpha value is -2.22. The molecule has 1 aliphatic rings. The van der Waals surface area contributed by atoms with Crippen molar-refractivity contribution in [1.82, 2.24) is 9.88 Å². The second-order valence-electron chi connectivity index (χ2n) is 6.76. The normalized spacial score (nSPS) is 17.8. The van der Waals surface area contributed by atoms with Gasteiger partial charge in [-0.3, -0.25) is 0 Å². The fourth-order valence-corrected chi connectivity index (χ4v) is 4.53. The molecule has 3 nitrogen and oxygen atoms in total. The molecule has 0 N–H and O–H groups in total. The van der Waals surface area contributed by atoms with Crippen molar-refractivity contribution in [3.05, 3.63) is 53.0 Å². The molecule has 4 heteroatoms. The van der Waals surface area contributed by atoms with Crippen LogP contribution in [0.2, 0.25) is 0 Å². The van der Waals surface area contributed by atoms with E-state index in [1.165, 1.54) is 29.1 Å². The Morgan fingerprint density at radius 1 is 1.24 bits per heavy atom. The van der Waals surface area contributed by atoms with Crippen LogP contribution in [0.5, 0.6) is 0 Å². The molecule has 1 aromatic heterocycles. The van der Waals surface area contributed by atoms with Crippen molar-refractivity contribution in [2.45, 2.75) is 32.2 Å². The number of hydrogen-bond acceptors (Lipinski definition) is 4. The van der Waals surface area contributed by atoms with Gasteiger partial charge in [-0.25, -0.2) is 4.98 Å². The van der Waals surface area contributed by atoms with Gasteiger partial charge in [-0.05, 0) is 61.7 Å². The van der Waals surface area contributed by atoms with Crippen LogP contribution in [0.15, 0.2) is 42.5 Å². The first-order valence-electron chi connectivity index (χ1n) is 8.87. The molecule has 4 rings (SSSR count). The van der Waals surface area contributed by atoms with E-state index in [2.05, 4.69) is 36.1 Å². The van der Waals surface area contributed by atoms with Crippen molar-refractivity contribution >= 4 is 21.6 Å². The largest absolute Gasteiger partial charge is 0.300 e. The molecule has 0 saturated carbocycles. The van der Waals surface area contributed by atoms with Crippen molar-refractivity contribution in [1.29, 1.82) is 5.26 Å². The molecule has 2 heterocycles. The molecule has 126 valence electrons. The van der Waals surface area contributed by atoms with Crippen LogP contribution < -0.4 is 0 Å². The van der Waals surface area contributed by atoms with E-state index >= 15 is 0 Å². The van der Waals surface area contributed by atoms with Gasteiger partial charge >= 0.3 is 0 Å². The van der Waals surface area contributed by atoms with Gasteiger partial charge in [0.25, 0.3) is 0 Å². The molecule has 1 unspecified atom stereocenters. The van der Waals surface area contributed by atoms with Crippen LogP contribution in [0.3, 0.4) is 0 Å². The van der Waals surface area contributed by atoms with Crippen LogP contribution in [0.1, 0.15) is 30.3 Å². The maximum Gasteiger partial charge on any atom is 0.0991 e. The zero-order valence-corrected chi connectivity index (χ0v) is 15.2. The molecule has 0 radical (unpaired) electrons. The minimum atomic E-state index is 0.691. The van der Waals surface area contributed by atoms with Crippen molar-refractivity contribution in [3.63, 3.8) is 0 Å². The van der Waals surface area contributed by atoms with E-state index in [4.69, 9.17) is 10.2 Å². The van der Waals surface area contributed by atoms with Crippen LogP contribution in [0.25, 0.3) is 21.3 Å². The van der Waals surface area contributed by atoms with Crippen molar-refractivity contribution < 1.29 is 0 Å². The summed E-state index contributed by atoms with van der Waals surface area (Å²) in [6.07, 6.45) is 3.68. The minimum absolute atomic E-state index is 0.691. The summed E-state index contributed by atoms with van der Waals surface area (Å²) < 4.78 is 1.24. The van der Waals surface area contributed by atoms with Crippen LogP contribution in [0, 0.1) is 11.3 Å². The maximum atomic E-state index is 9.09. The number of likely N-dealkylation sites (tertiary alicyclic amines) is 1. The molecule has 1 aliphatic heterocycles. The zero-order valence-electron chi connectivity index (χ0n) is 14.4. The second-order valence-corrected chi connectivity index (χ2v) is 7.88. The molecule has 2 aromatic carbocycles. The highest BCUT2D eigenvalue weighted by atomic mass is 32.1. The summed E-state index contributed by atoms with van der Waals surface area (Å²) in [5.74, 6) is 0. The third kappa shape index (κ3) is 3.44. The van der Waals surface area contributed by atoms with Crippen molar-refractivity contribution in [2.24, 2.45) is 0 Å². The molecular weight excluding hydrogens is 326 g/mol. The molecule has 0 amide bonds. The molecule has 1 fully saturated rings. The highest BCUT2D eigenvalue weighted by molar-refractivity contribution is 7.18. The van der Waals surface area contributed by atoms with Crippen molar-refractivity contribution in [2.75, 3.05) is 13.1 Å². The SMILES string of the molecule is CC1CCCN1CCc1nc2cc(-c3cccc(C#N)c3)ccc2s1. The van der Waals surface area contributed by atoms with Gasteiger partial charge in [-0.15, -0.1) is 11.3 Å². The minimum Gasteiger partial charge on any atom is -0.300 e. The molecule has 25 heavy (non-hydrogen) atoms. The highest BCUT2D eigenvalue weighted by Gasteiger charge is 2.20. The average Bonchev–Trinajstić information content (AvgIpc) is 3.24. The summed E-state index contributed by atoms with van der Waals surface area (Å²) >= 11 is 1.80. The first-order chi connectivity index (χ1) is 12.2. The van der Waals surface area contributed by atoms with Gasteiger partial charge < -0.3 is 4.90 Å². The summed E-state index contributed by atoms with van der Waals surface area (Å²) in [7, 11) is 0. The summed E-state index contributed by atoms with van der Waals surface area (Å²) in [5, 5.41) is 10.3. The standard InChI is InChI=1S/C21H21N3S/c1-15-4-3-10-24(15)11-9-21-23-19-13-18(7-8-20(19)25-21)17-6-2-5-16(12-17)14-22/h2,5-8,12-13,15H,3-4,9-11H2,1H3. The van der Waals surface area contributed by atoms with E-state index in [-0.39, 0.29) is 0 Å². The van der Waals surface area contributed by atoms with Crippen molar-refractivity contribution in [3.8, 4) is 17.2 Å². The smallest absolute Gasteiger partial charge is 0.0991 e. The topological polar surface area (TPSA) is 39.9 Å². The number of benzene rings is 2. The Morgan fingerprint density at radius 2 is 2.12 bits per heavy atom. The third-order valence-corrected chi connectivity index (χ3v) is 6.16. The monoisotopic (exact) mass is 347 g/mol. The van der Waals surface area contributed by atoms with E-state index in [1.54, 1.807) is 11.3 Å². The third-order valence-electron chi connectivity index (χ3n) is 5.06. The Balaban J connectivity index is 1.55. The number of rotatable bonds is 4. The Morgan fingerprint density at radius 3 is 2.92 bits per heavy atom. The van der Waals surface area contributed by atoms with Crippen LogP contribution in [-0.4, -0.2) is 29.0 Å². The fraction of sp³-hybridized carbons (Fsp3) is 0.333. The number of aromatic nitrogens is 1. The predicted octanol–water partition coefficient (Wildman–Crippen LogP) is 4.86. The number of fused-ring (bicyclic) bond motifs is 1. The molecule has 0 bridgehead atoms. The predicted molar refractivity (Wildman–Crippen MR) is 104 cm³/mol.